The molecule has 0 bridgehead atoms. The summed E-state index contributed by atoms with van der Waals surface area (Å²) in [7, 11) is -4.02. The maximum atomic E-state index is 12.8. The summed E-state index contributed by atoms with van der Waals surface area (Å²) in [6, 6.07) is 3.20. The third-order valence-electron chi connectivity index (χ3n) is 2.20. The molecule has 5 nitrogen and oxygen atoms in total. The van der Waals surface area contributed by atoms with E-state index in [1.165, 1.54) is 13.0 Å². The highest BCUT2D eigenvalue weighted by Crippen LogP contribution is 2.35. The maximum absolute atomic E-state index is 12.8. The molecular weight excluding hydrogens is 283 g/mol. The van der Waals surface area contributed by atoms with Gasteiger partial charge >= 0.3 is 6.18 Å². The van der Waals surface area contributed by atoms with Crippen molar-refractivity contribution in [1.29, 1.82) is 0 Å². The smallest absolute Gasteiger partial charge is 0.326 e. The van der Waals surface area contributed by atoms with Crippen LogP contribution in [-0.4, -0.2) is 15.0 Å². The molecule has 1 aromatic carbocycles. The van der Waals surface area contributed by atoms with Gasteiger partial charge < -0.3 is 5.73 Å². The summed E-state index contributed by atoms with van der Waals surface area (Å²) in [6.07, 6.45) is -4.67. The standard InChI is InChI=1S/C10H14F3N3O2S/c1-2-15-19(17,18)16-9-4-3-7(6-14)5-8(9)10(11,12)13/h3-5,15-16H,2,6,14H2,1H3. The van der Waals surface area contributed by atoms with E-state index in [0.717, 1.165) is 12.1 Å². The summed E-state index contributed by atoms with van der Waals surface area (Å²) in [4.78, 5) is 0. The highest BCUT2D eigenvalue weighted by Gasteiger charge is 2.34. The van der Waals surface area contributed by atoms with Crippen LogP contribution in [0, 0.1) is 0 Å². The van der Waals surface area contributed by atoms with Crippen molar-refractivity contribution in [3.63, 3.8) is 0 Å². The van der Waals surface area contributed by atoms with Crippen molar-refractivity contribution in [2.24, 2.45) is 5.73 Å². The van der Waals surface area contributed by atoms with E-state index in [1.54, 1.807) is 0 Å². The minimum Gasteiger partial charge on any atom is -0.326 e. The lowest BCUT2D eigenvalue weighted by Gasteiger charge is -2.15. The topological polar surface area (TPSA) is 84.2 Å². The SMILES string of the molecule is CCNS(=O)(=O)Nc1ccc(CN)cc1C(F)(F)F. The largest absolute Gasteiger partial charge is 0.418 e. The first kappa shape index (κ1) is 15.7. The molecular formula is C10H14F3N3O2S. The van der Waals surface area contributed by atoms with Crippen LogP contribution in [0.4, 0.5) is 18.9 Å². The van der Waals surface area contributed by atoms with E-state index >= 15 is 0 Å². The van der Waals surface area contributed by atoms with Crippen molar-refractivity contribution in [1.82, 2.24) is 4.72 Å². The average molecular weight is 297 g/mol. The van der Waals surface area contributed by atoms with Gasteiger partial charge in [0.15, 0.2) is 0 Å². The van der Waals surface area contributed by atoms with Crippen molar-refractivity contribution < 1.29 is 21.6 Å². The number of hydrogen-bond acceptors (Lipinski definition) is 3. The number of benzene rings is 1. The third-order valence-corrected chi connectivity index (χ3v) is 3.36. The summed E-state index contributed by atoms with van der Waals surface area (Å²) in [5.41, 5.74) is 3.92. The van der Waals surface area contributed by atoms with Gasteiger partial charge in [0.25, 0.3) is 10.2 Å². The summed E-state index contributed by atoms with van der Waals surface area (Å²) < 4.78 is 65.2. The van der Waals surface area contributed by atoms with Crippen molar-refractivity contribution in [2.45, 2.75) is 19.6 Å². The van der Waals surface area contributed by atoms with Crippen molar-refractivity contribution >= 4 is 15.9 Å². The minimum absolute atomic E-state index is 0.0662. The monoisotopic (exact) mass is 297 g/mol. The van der Waals surface area contributed by atoms with Crippen LogP contribution in [0.25, 0.3) is 0 Å². The van der Waals surface area contributed by atoms with Gasteiger partial charge in [0, 0.05) is 13.1 Å². The zero-order valence-corrected chi connectivity index (χ0v) is 10.9. The number of anilines is 1. The van der Waals surface area contributed by atoms with Crippen LogP contribution in [-0.2, 0) is 22.9 Å². The first-order valence-electron chi connectivity index (χ1n) is 5.37. The Morgan fingerprint density at radius 1 is 1.32 bits per heavy atom. The van der Waals surface area contributed by atoms with E-state index in [0.29, 0.717) is 0 Å². The molecule has 0 amide bonds. The lowest BCUT2D eigenvalue weighted by atomic mass is 10.1. The lowest BCUT2D eigenvalue weighted by molar-refractivity contribution is -0.136. The molecule has 1 aromatic rings. The zero-order chi connectivity index (χ0) is 14.7. The van der Waals surface area contributed by atoms with Gasteiger partial charge in [-0.25, -0.2) is 0 Å². The number of nitrogens with two attached hydrogens (primary N) is 1. The van der Waals surface area contributed by atoms with E-state index in [-0.39, 0.29) is 18.7 Å². The Kier molecular flexibility index (Phi) is 4.77. The van der Waals surface area contributed by atoms with Crippen molar-refractivity contribution in [3.8, 4) is 0 Å². The van der Waals surface area contributed by atoms with Crippen LogP contribution in [0.15, 0.2) is 18.2 Å². The predicted molar refractivity (Wildman–Crippen MR) is 65.6 cm³/mol. The molecule has 0 saturated heterocycles. The Morgan fingerprint density at radius 3 is 2.42 bits per heavy atom. The quantitative estimate of drug-likeness (QED) is 0.768. The van der Waals surface area contributed by atoms with Crippen LogP contribution < -0.4 is 15.2 Å². The van der Waals surface area contributed by atoms with Crippen LogP contribution in [0.2, 0.25) is 0 Å². The number of rotatable bonds is 5. The van der Waals surface area contributed by atoms with Gasteiger partial charge in [-0.15, -0.1) is 0 Å². The Labute approximate surface area is 109 Å². The molecule has 0 spiro atoms. The number of halogens is 3. The minimum atomic E-state index is -4.67. The molecule has 0 fully saturated rings. The second kappa shape index (κ2) is 5.76. The molecule has 9 heteroatoms. The van der Waals surface area contributed by atoms with Gasteiger partial charge in [-0.05, 0) is 17.7 Å². The molecule has 0 aliphatic rings. The fourth-order valence-electron chi connectivity index (χ4n) is 1.41. The van der Waals surface area contributed by atoms with Gasteiger partial charge in [-0.2, -0.15) is 26.3 Å². The molecule has 0 saturated carbocycles. The normalized spacial score (nSPS) is 12.5. The first-order chi connectivity index (χ1) is 8.69. The van der Waals surface area contributed by atoms with Gasteiger partial charge in [-0.3, -0.25) is 4.72 Å². The van der Waals surface area contributed by atoms with Crippen LogP contribution in [0.3, 0.4) is 0 Å². The maximum Gasteiger partial charge on any atom is 0.418 e. The predicted octanol–water partition coefficient (Wildman–Crippen LogP) is 1.43. The Balaban J connectivity index is 3.21. The fraction of sp³-hybridized carbons (Fsp3) is 0.400. The molecule has 0 aliphatic heterocycles. The average Bonchev–Trinajstić information content (AvgIpc) is 2.27. The van der Waals surface area contributed by atoms with E-state index in [9.17, 15) is 21.6 Å². The van der Waals surface area contributed by atoms with Gasteiger partial charge in [0.05, 0.1) is 11.3 Å². The molecule has 0 heterocycles. The van der Waals surface area contributed by atoms with E-state index in [2.05, 4.69) is 0 Å². The van der Waals surface area contributed by atoms with Gasteiger partial charge in [0.2, 0.25) is 0 Å². The molecule has 0 atom stereocenters. The second-order valence-electron chi connectivity index (χ2n) is 3.69. The van der Waals surface area contributed by atoms with Crippen molar-refractivity contribution in [3.05, 3.63) is 29.3 Å². The highest BCUT2D eigenvalue weighted by molar-refractivity contribution is 7.90. The molecule has 0 unspecified atom stereocenters. The Hall–Kier alpha value is -1.32. The molecule has 0 radical (unpaired) electrons. The van der Waals surface area contributed by atoms with E-state index in [4.69, 9.17) is 5.73 Å². The van der Waals surface area contributed by atoms with E-state index in [1.807, 2.05) is 9.44 Å². The highest BCUT2D eigenvalue weighted by atomic mass is 32.2. The summed E-state index contributed by atoms with van der Waals surface area (Å²) >= 11 is 0. The Bertz CT molecular complexity index is 543. The summed E-state index contributed by atoms with van der Waals surface area (Å²) in [6.45, 7) is 1.52. The number of nitrogens with one attached hydrogen (secondary N) is 2. The molecule has 108 valence electrons. The van der Waals surface area contributed by atoms with Crippen LogP contribution in [0.1, 0.15) is 18.1 Å². The third kappa shape index (κ3) is 4.37. The second-order valence-corrected chi connectivity index (χ2v) is 5.18. The molecule has 4 N–H and O–H groups in total. The first-order valence-corrected chi connectivity index (χ1v) is 6.85. The number of hydrogen-bond donors (Lipinski definition) is 3. The molecule has 19 heavy (non-hydrogen) atoms. The summed E-state index contributed by atoms with van der Waals surface area (Å²) in [5.74, 6) is 0. The number of alkyl halides is 3. The van der Waals surface area contributed by atoms with Gasteiger partial charge in [-0.1, -0.05) is 13.0 Å². The molecule has 0 aliphatic carbocycles. The van der Waals surface area contributed by atoms with Crippen LogP contribution in [0.5, 0.6) is 0 Å². The van der Waals surface area contributed by atoms with Gasteiger partial charge in [0.1, 0.15) is 0 Å². The zero-order valence-electron chi connectivity index (χ0n) is 10.1. The van der Waals surface area contributed by atoms with Crippen molar-refractivity contribution in [2.75, 3.05) is 11.3 Å². The Morgan fingerprint density at radius 2 is 1.95 bits per heavy atom. The molecule has 0 aromatic heterocycles. The van der Waals surface area contributed by atoms with Crippen LogP contribution >= 0.6 is 0 Å². The summed E-state index contributed by atoms with van der Waals surface area (Å²) in [5, 5.41) is 0. The molecule has 1 rings (SSSR count). The lowest BCUT2D eigenvalue weighted by Crippen LogP contribution is -2.30. The fourth-order valence-corrected chi connectivity index (χ4v) is 2.33. The van der Waals surface area contributed by atoms with E-state index < -0.39 is 27.6 Å².